The first-order valence-corrected chi connectivity index (χ1v) is 8.10. The Morgan fingerprint density at radius 2 is 1.70 bits per heavy atom. The fraction of sp³-hybridized carbons (Fsp3) is 0.100. The Kier molecular flexibility index (Phi) is 5.12. The Morgan fingerprint density at radius 3 is 2.37 bits per heavy atom. The number of carbonyl (C=O) groups excluding carboxylic acids is 1. The molecule has 0 atom stereocenters. The molecule has 138 valence electrons. The first-order chi connectivity index (χ1) is 12.8. The summed E-state index contributed by atoms with van der Waals surface area (Å²) >= 11 is 0. The minimum atomic E-state index is -4.37. The number of rotatable bonds is 4. The number of hydrogen-bond acceptors (Lipinski definition) is 3. The predicted molar refractivity (Wildman–Crippen MR) is 98.7 cm³/mol. The van der Waals surface area contributed by atoms with E-state index in [4.69, 9.17) is 0 Å². The second-order valence-electron chi connectivity index (χ2n) is 5.86. The van der Waals surface area contributed by atoms with Crippen molar-refractivity contribution in [3.05, 3.63) is 72.4 Å². The van der Waals surface area contributed by atoms with Gasteiger partial charge in [-0.2, -0.15) is 13.2 Å². The summed E-state index contributed by atoms with van der Waals surface area (Å²) in [7, 11) is 0. The van der Waals surface area contributed by atoms with Crippen molar-refractivity contribution in [2.75, 3.05) is 10.6 Å². The van der Waals surface area contributed by atoms with Crippen LogP contribution in [0.3, 0.4) is 0 Å². The monoisotopic (exact) mass is 371 g/mol. The van der Waals surface area contributed by atoms with Gasteiger partial charge in [0.1, 0.15) is 5.82 Å². The van der Waals surface area contributed by atoms with Crippen LogP contribution in [0.4, 0.5) is 30.4 Å². The molecule has 0 aliphatic heterocycles. The molecule has 0 unspecified atom stereocenters. The quantitative estimate of drug-likeness (QED) is 0.639. The summed E-state index contributed by atoms with van der Waals surface area (Å²) in [5, 5.41) is 5.76. The van der Waals surface area contributed by atoms with Gasteiger partial charge in [-0.1, -0.05) is 18.2 Å². The Hall–Kier alpha value is -3.35. The van der Waals surface area contributed by atoms with Crippen molar-refractivity contribution in [1.82, 2.24) is 4.98 Å². The molecule has 27 heavy (non-hydrogen) atoms. The summed E-state index contributed by atoms with van der Waals surface area (Å²) in [5.41, 5.74) is 2.19. The van der Waals surface area contributed by atoms with Crippen molar-refractivity contribution in [1.29, 1.82) is 0 Å². The lowest BCUT2D eigenvalue weighted by molar-refractivity contribution is -0.137. The fourth-order valence-electron chi connectivity index (χ4n) is 2.59. The molecule has 2 aromatic carbocycles. The van der Waals surface area contributed by atoms with Crippen molar-refractivity contribution < 1.29 is 18.0 Å². The maximum Gasteiger partial charge on any atom is 0.416 e. The maximum atomic E-state index is 12.7. The van der Waals surface area contributed by atoms with Crippen LogP contribution in [0.2, 0.25) is 0 Å². The molecule has 3 rings (SSSR count). The van der Waals surface area contributed by atoms with Crippen LogP contribution < -0.4 is 10.6 Å². The number of nitrogens with one attached hydrogen (secondary N) is 2. The number of hydrogen-bond donors (Lipinski definition) is 2. The van der Waals surface area contributed by atoms with Gasteiger partial charge in [-0.15, -0.1) is 0 Å². The highest BCUT2D eigenvalue weighted by atomic mass is 19.4. The van der Waals surface area contributed by atoms with Gasteiger partial charge in [-0.05, 0) is 48.0 Å². The van der Waals surface area contributed by atoms with E-state index in [1.54, 1.807) is 18.3 Å². The van der Waals surface area contributed by atoms with Gasteiger partial charge >= 0.3 is 6.18 Å². The van der Waals surface area contributed by atoms with Crippen LogP contribution in [0.25, 0.3) is 11.1 Å². The average Bonchev–Trinajstić information content (AvgIpc) is 2.61. The second-order valence-corrected chi connectivity index (χ2v) is 5.86. The third-order valence-corrected chi connectivity index (χ3v) is 3.79. The van der Waals surface area contributed by atoms with Gasteiger partial charge in [0.2, 0.25) is 5.91 Å². The zero-order valence-corrected chi connectivity index (χ0v) is 14.3. The van der Waals surface area contributed by atoms with Crippen LogP contribution in [0, 0.1) is 0 Å². The van der Waals surface area contributed by atoms with E-state index >= 15 is 0 Å². The number of carbonyl (C=O) groups is 1. The summed E-state index contributed by atoms with van der Waals surface area (Å²) in [6, 6.07) is 15.7. The van der Waals surface area contributed by atoms with Crippen molar-refractivity contribution in [2.24, 2.45) is 0 Å². The summed E-state index contributed by atoms with van der Waals surface area (Å²) in [5.74, 6) is 0.195. The predicted octanol–water partition coefficient (Wildman–Crippen LogP) is 5.47. The number of anilines is 3. The Balaban J connectivity index is 1.90. The molecule has 3 aromatic rings. The molecule has 7 heteroatoms. The molecule has 0 radical (unpaired) electrons. The van der Waals surface area contributed by atoms with Crippen LogP contribution in [-0.4, -0.2) is 10.9 Å². The maximum absolute atomic E-state index is 12.7. The first-order valence-electron chi connectivity index (χ1n) is 8.10. The molecule has 1 heterocycles. The lowest BCUT2D eigenvalue weighted by Crippen LogP contribution is -2.07. The fourth-order valence-corrected chi connectivity index (χ4v) is 2.59. The highest BCUT2D eigenvalue weighted by molar-refractivity contribution is 5.89. The SMILES string of the molecule is CC(=O)Nc1cc(-c2ccccc2Nc2ccc(C(F)(F)F)cc2)ccn1. The number of amides is 1. The molecule has 0 saturated carbocycles. The molecule has 2 N–H and O–H groups in total. The van der Waals surface area contributed by atoms with Gasteiger partial charge in [-0.25, -0.2) is 4.98 Å². The average molecular weight is 371 g/mol. The number of aromatic nitrogens is 1. The lowest BCUT2D eigenvalue weighted by Gasteiger charge is -2.14. The standard InChI is InChI=1S/C20H16F3N3O/c1-13(27)25-19-12-14(10-11-24-19)17-4-2-3-5-18(17)26-16-8-6-15(7-9-16)20(21,22)23/h2-12,26H,1H3,(H,24,25,27). The molecule has 4 nitrogen and oxygen atoms in total. The topological polar surface area (TPSA) is 54.0 Å². The van der Waals surface area contributed by atoms with Crippen LogP contribution in [-0.2, 0) is 11.0 Å². The van der Waals surface area contributed by atoms with Crippen molar-refractivity contribution in [2.45, 2.75) is 13.1 Å². The Morgan fingerprint density at radius 1 is 1.00 bits per heavy atom. The number of para-hydroxylation sites is 1. The van der Waals surface area contributed by atoms with Gasteiger partial charge in [0.25, 0.3) is 0 Å². The molecular formula is C20H16F3N3O. The molecule has 0 aliphatic carbocycles. The van der Waals surface area contributed by atoms with Gasteiger partial charge in [0.05, 0.1) is 5.56 Å². The van der Waals surface area contributed by atoms with Gasteiger partial charge in [0.15, 0.2) is 0 Å². The zero-order chi connectivity index (χ0) is 19.4. The smallest absolute Gasteiger partial charge is 0.355 e. The summed E-state index contributed by atoms with van der Waals surface area (Å²) < 4.78 is 38.1. The van der Waals surface area contributed by atoms with Gasteiger partial charge in [-0.3, -0.25) is 4.79 Å². The Labute approximate surface area is 154 Å². The van der Waals surface area contributed by atoms with Gasteiger partial charge in [0, 0.05) is 30.1 Å². The van der Waals surface area contributed by atoms with E-state index in [1.165, 1.54) is 19.1 Å². The number of benzene rings is 2. The van der Waals surface area contributed by atoms with E-state index in [9.17, 15) is 18.0 Å². The minimum Gasteiger partial charge on any atom is -0.355 e. The third-order valence-electron chi connectivity index (χ3n) is 3.79. The van der Waals surface area contributed by atoms with Crippen LogP contribution in [0.15, 0.2) is 66.9 Å². The molecule has 1 amide bonds. The van der Waals surface area contributed by atoms with Crippen molar-refractivity contribution in [3.8, 4) is 11.1 Å². The largest absolute Gasteiger partial charge is 0.416 e. The molecule has 0 aliphatic rings. The third kappa shape index (κ3) is 4.63. The highest BCUT2D eigenvalue weighted by Crippen LogP contribution is 2.33. The van der Waals surface area contributed by atoms with E-state index < -0.39 is 11.7 Å². The Bertz CT molecular complexity index is 953. The normalized spacial score (nSPS) is 11.1. The van der Waals surface area contributed by atoms with E-state index in [2.05, 4.69) is 15.6 Å². The van der Waals surface area contributed by atoms with E-state index in [0.717, 1.165) is 28.9 Å². The molecule has 0 fully saturated rings. The second kappa shape index (κ2) is 7.49. The molecule has 0 spiro atoms. The molecular weight excluding hydrogens is 355 g/mol. The highest BCUT2D eigenvalue weighted by Gasteiger charge is 2.29. The van der Waals surface area contributed by atoms with Crippen LogP contribution in [0.1, 0.15) is 12.5 Å². The van der Waals surface area contributed by atoms with Crippen LogP contribution in [0.5, 0.6) is 0 Å². The van der Waals surface area contributed by atoms with Crippen molar-refractivity contribution >= 4 is 23.1 Å². The zero-order valence-electron chi connectivity index (χ0n) is 14.3. The summed E-state index contributed by atoms with van der Waals surface area (Å²) in [6.07, 6.45) is -2.79. The van der Waals surface area contributed by atoms with Crippen molar-refractivity contribution in [3.63, 3.8) is 0 Å². The van der Waals surface area contributed by atoms with E-state index in [0.29, 0.717) is 11.5 Å². The van der Waals surface area contributed by atoms with Crippen LogP contribution >= 0.6 is 0 Å². The van der Waals surface area contributed by atoms with E-state index in [-0.39, 0.29) is 5.91 Å². The lowest BCUT2D eigenvalue weighted by atomic mass is 10.0. The summed E-state index contributed by atoms with van der Waals surface area (Å²) in [4.78, 5) is 15.3. The minimum absolute atomic E-state index is 0.226. The molecule has 1 aromatic heterocycles. The number of nitrogens with zero attached hydrogens (tertiary/aromatic N) is 1. The first kappa shape index (κ1) is 18.4. The molecule has 0 bridgehead atoms. The van der Waals surface area contributed by atoms with E-state index in [1.807, 2.05) is 24.3 Å². The number of pyridine rings is 1. The summed E-state index contributed by atoms with van der Waals surface area (Å²) in [6.45, 7) is 1.40. The number of halogens is 3. The number of alkyl halides is 3. The molecule has 0 saturated heterocycles. The van der Waals surface area contributed by atoms with Gasteiger partial charge < -0.3 is 10.6 Å².